The van der Waals surface area contributed by atoms with Crippen LogP contribution in [0, 0.1) is 0 Å². The maximum atomic E-state index is 12.3. The summed E-state index contributed by atoms with van der Waals surface area (Å²) in [6.45, 7) is 13.1. The summed E-state index contributed by atoms with van der Waals surface area (Å²) < 4.78 is 11.2. The van der Waals surface area contributed by atoms with Crippen LogP contribution in [0.2, 0.25) is 0 Å². The third-order valence-electron chi connectivity index (χ3n) is 4.62. The molecular weight excluding hydrogens is 483 g/mol. The maximum Gasteiger partial charge on any atom is 0.410 e. The first-order valence-electron chi connectivity index (χ1n) is 9.72. The van der Waals surface area contributed by atoms with Crippen molar-refractivity contribution in [1.29, 1.82) is 0 Å². The number of ether oxygens (including phenoxy) is 2. The molecule has 0 aromatic heterocycles. The summed E-state index contributed by atoms with van der Waals surface area (Å²) in [4.78, 5) is 21.0. The third-order valence-corrected chi connectivity index (χ3v) is 4.62. The molecule has 1 saturated heterocycles. The Balaban J connectivity index is 0.00000300. The molecule has 2 aliphatic rings. The monoisotopic (exact) mass is 514 g/mol. The molecule has 0 bridgehead atoms. The van der Waals surface area contributed by atoms with Crippen molar-refractivity contribution in [3.8, 4) is 5.75 Å². The van der Waals surface area contributed by atoms with Gasteiger partial charge in [0.1, 0.15) is 18.0 Å². The molecule has 1 aromatic rings. The molecule has 0 saturated carbocycles. The number of hydrogen-bond donors (Lipinski definition) is 1. The van der Waals surface area contributed by atoms with Crippen LogP contribution in [0.4, 0.5) is 4.79 Å². The zero-order valence-corrected chi connectivity index (χ0v) is 19.7. The van der Waals surface area contributed by atoms with Crippen molar-refractivity contribution in [2.45, 2.75) is 39.0 Å². The minimum Gasteiger partial charge on any atom is -0.489 e. The van der Waals surface area contributed by atoms with Crippen LogP contribution in [0.15, 0.2) is 41.9 Å². The van der Waals surface area contributed by atoms with Crippen LogP contribution in [-0.4, -0.2) is 66.3 Å². The summed E-state index contributed by atoms with van der Waals surface area (Å²) in [5, 5.41) is 3.43. The molecule has 2 heterocycles. The molecule has 1 unspecified atom stereocenters. The van der Waals surface area contributed by atoms with Gasteiger partial charge in [-0.2, -0.15) is 0 Å². The zero-order chi connectivity index (χ0) is 20.1. The van der Waals surface area contributed by atoms with Crippen molar-refractivity contribution < 1.29 is 14.3 Å². The molecule has 1 amide bonds. The number of aliphatic imine (C=N–C) groups is 1. The van der Waals surface area contributed by atoms with E-state index < -0.39 is 5.60 Å². The lowest BCUT2D eigenvalue weighted by Crippen LogP contribution is -2.57. The highest BCUT2D eigenvalue weighted by Crippen LogP contribution is 2.21. The topological polar surface area (TPSA) is 66.4 Å². The van der Waals surface area contributed by atoms with E-state index in [0.717, 1.165) is 23.8 Å². The molecule has 7 nitrogen and oxygen atoms in total. The van der Waals surface area contributed by atoms with Gasteiger partial charge in [-0.1, -0.05) is 30.9 Å². The Kier molecular flexibility index (Phi) is 8.18. The number of benzene rings is 1. The number of rotatable bonds is 5. The Labute approximate surface area is 190 Å². The van der Waals surface area contributed by atoms with Crippen LogP contribution in [0.5, 0.6) is 5.75 Å². The van der Waals surface area contributed by atoms with E-state index in [-0.39, 0.29) is 36.1 Å². The van der Waals surface area contributed by atoms with Crippen molar-refractivity contribution in [2.75, 3.05) is 32.8 Å². The molecular formula is C21H31IN4O3. The predicted molar refractivity (Wildman–Crippen MR) is 125 cm³/mol. The Morgan fingerprint density at radius 3 is 2.83 bits per heavy atom. The second-order valence-corrected chi connectivity index (χ2v) is 8.00. The smallest absolute Gasteiger partial charge is 0.410 e. The van der Waals surface area contributed by atoms with E-state index in [4.69, 9.17) is 9.47 Å². The van der Waals surface area contributed by atoms with Crippen LogP contribution in [0.25, 0.3) is 0 Å². The molecule has 1 N–H and O–H groups in total. The summed E-state index contributed by atoms with van der Waals surface area (Å²) in [5.74, 6) is 1.73. The van der Waals surface area contributed by atoms with E-state index in [1.165, 1.54) is 0 Å². The number of nitrogens with one attached hydrogen (secondary N) is 1. The van der Waals surface area contributed by atoms with Gasteiger partial charge in [0.25, 0.3) is 0 Å². The van der Waals surface area contributed by atoms with E-state index in [9.17, 15) is 4.79 Å². The van der Waals surface area contributed by atoms with Crippen LogP contribution >= 0.6 is 24.0 Å². The average Bonchev–Trinajstić information content (AvgIpc) is 3.06. The van der Waals surface area contributed by atoms with Gasteiger partial charge in [-0.3, -0.25) is 4.99 Å². The largest absolute Gasteiger partial charge is 0.489 e. The number of amides is 1. The van der Waals surface area contributed by atoms with Crippen molar-refractivity contribution in [3.05, 3.63) is 42.5 Å². The number of carbonyl (C=O) groups is 1. The van der Waals surface area contributed by atoms with Crippen LogP contribution in [0.3, 0.4) is 0 Å². The van der Waals surface area contributed by atoms with Crippen LogP contribution in [0.1, 0.15) is 26.3 Å². The summed E-state index contributed by atoms with van der Waals surface area (Å²) in [5.41, 5.74) is 0.594. The van der Waals surface area contributed by atoms with Gasteiger partial charge in [0, 0.05) is 31.7 Å². The van der Waals surface area contributed by atoms with E-state index in [2.05, 4.69) is 21.8 Å². The Hall–Kier alpha value is -1.97. The van der Waals surface area contributed by atoms with E-state index >= 15 is 0 Å². The Morgan fingerprint density at radius 1 is 1.34 bits per heavy atom. The van der Waals surface area contributed by atoms with Crippen molar-refractivity contribution >= 4 is 36.0 Å². The number of para-hydroxylation sites is 1. The van der Waals surface area contributed by atoms with E-state index in [0.29, 0.717) is 32.8 Å². The highest BCUT2D eigenvalue weighted by atomic mass is 127. The standard InChI is InChI=1S/C21H30N4O3.HI/c1-5-12-27-18-9-7-6-8-16(18)13-22-19-23-14-17-15-24(10-11-25(17)19)20(26)28-21(2,3)4;/h5-9,17H,1,10-15H2,2-4H3,(H,22,23);1H. The number of carbonyl (C=O) groups excluding carboxylic acids is 1. The molecule has 0 radical (unpaired) electrons. The van der Waals surface area contributed by atoms with E-state index in [1.54, 1.807) is 11.0 Å². The van der Waals surface area contributed by atoms with Gasteiger partial charge in [0.05, 0.1) is 12.6 Å². The molecule has 29 heavy (non-hydrogen) atoms. The van der Waals surface area contributed by atoms with Gasteiger partial charge in [-0.15, -0.1) is 24.0 Å². The number of fused-ring (bicyclic) bond motifs is 1. The number of nitrogens with zero attached hydrogens (tertiary/aromatic N) is 3. The molecule has 0 spiro atoms. The number of hydrogen-bond acceptors (Lipinski definition) is 6. The van der Waals surface area contributed by atoms with Crippen molar-refractivity contribution in [2.24, 2.45) is 4.99 Å². The van der Waals surface area contributed by atoms with Crippen LogP contribution < -0.4 is 10.1 Å². The summed E-state index contributed by atoms with van der Waals surface area (Å²) in [7, 11) is 0. The average molecular weight is 514 g/mol. The Morgan fingerprint density at radius 2 is 2.10 bits per heavy atom. The lowest BCUT2D eigenvalue weighted by Gasteiger charge is -2.39. The van der Waals surface area contributed by atoms with Crippen LogP contribution in [-0.2, 0) is 11.3 Å². The lowest BCUT2D eigenvalue weighted by atomic mass is 10.2. The third kappa shape index (κ3) is 6.25. The van der Waals surface area contributed by atoms with Gasteiger partial charge in [-0.25, -0.2) is 4.79 Å². The zero-order valence-electron chi connectivity index (χ0n) is 17.4. The maximum absolute atomic E-state index is 12.3. The fourth-order valence-electron chi connectivity index (χ4n) is 3.34. The SMILES string of the molecule is C=CCOc1ccccc1CNC1=NCC2CN(C(=O)OC(C)(C)C)CCN12.I. The van der Waals surface area contributed by atoms with E-state index in [1.807, 2.05) is 45.0 Å². The normalized spacial score (nSPS) is 18.3. The molecule has 0 aliphatic carbocycles. The van der Waals surface area contributed by atoms with Crippen molar-refractivity contribution in [1.82, 2.24) is 15.1 Å². The number of guanidine groups is 1. The van der Waals surface area contributed by atoms with Gasteiger partial charge >= 0.3 is 6.09 Å². The lowest BCUT2D eigenvalue weighted by molar-refractivity contribution is 0.0137. The number of piperazine rings is 1. The molecule has 3 rings (SSSR count). The number of halogens is 1. The first-order chi connectivity index (χ1) is 13.4. The Bertz CT molecular complexity index is 748. The molecule has 1 atom stereocenters. The quantitative estimate of drug-likeness (QED) is 0.483. The van der Waals surface area contributed by atoms with Gasteiger partial charge in [0.15, 0.2) is 5.96 Å². The molecule has 8 heteroatoms. The highest BCUT2D eigenvalue weighted by molar-refractivity contribution is 14.0. The molecule has 2 aliphatic heterocycles. The first kappa shape index (κ1) is 23.3. The van der Waals surface area contributed by atoms with Gasteiger partial charge in [0.2, 0.25) is 0 Å². The summed E-state index contributed by atoms with van der Waals surface area (Å²) in [6, 6.07) is 8.14. The van der Waals surface area contributed by atoms with Gasteiger partial charge in [-0.05, 0) is 26.8 Å². The minimum absolute atomic E-state index is 0. The first-order valence-corrected chi connectivity index (χ1v) is 9.72. The van der Waals surface area contributed by atoms with Gasteiger partial charge < -0.3 is 24.6 Å². The predicted octanol–water partition coefficient (Wildman–Crippen LogP) is 3.25. The minimum atomic E-state index is -0.478. The second kappa shape index (κ2) is 10.2. The fourth-order valence-corrected chi connectivity index (χ4v) is 3.34. The fraction of sp³-hybridized carbons (Fsp3) is 0.524. The summed E-state index contributed by atoms with van der Waals surface area (Å²) in [6.07, 6.45) is 1.49. The second-order valence-electron chi connectivity index (χ2n) is 8.00. The molecule has 1 aromatic carbocycles. The molecule has 1 fully saturated rings. The van der Waals surface area contributed by atoms with Crippen molar-refractivity contribution in [3.63, 3.8) is 0 Å². The molecule has 160 valence electrons. The highest BCUT2D eigenvalue weighted by Gasteiger charge is 2.36. The summed E-state index contributed by atoms with van der Waals surface area (Å²) >= 11 is 0.